The maximum absolute atomic E-state index is 11.2. The molecule has 14 heavy (non-hydrogen) atoms. The van der Waals surface area contributed by atoms with Crippen LogP contribution in [0.15, 0.2) is 0 Å². The smallest absolute Gasteiger partial charge is 0.248 e. The Hall–Kier alpha value is -0.610. The number of nitrogens with one attached hydrogen (secondary N) is 1. The fourth-order valence-electron chi connectivity index (χ4n) is 0.846. The van der Waals surface area contributed by atoms with Crippen molar-refractivity contribution in [2.24, 2.45) is 0 Å². The van der Waals surface area contributed by atoms with Gasteiger partial charge in [0.1, 0.15) is 6.10 Å². The zero-order chi connectivity index (χ0) is 10.8. The number of carbonyl (C=O) groups is 1. The first-order valence-corrected chi connectivity index (χ1v) is 5.10. The molecule has 0 heterocycles. The van der Waals surface area contributed by atoms with Crippen LogP contribution in [0.4, 0.5) is 0 Å². The molecule has 0 fully saturated rings. The van der Waals surface area contributed by atoms with Gasteiger partial charge < -0.3 is 14.8 Å². The second-order valence-corrected chi connectivity index (χ2v) is 3.13. The number of hydrogen-bond donors (Lipinski definition) is 1. The van der Waals surface area contributed by atoms with E-state index in [0.29, 0.717) is 13.2 Å². The van der Waals surface area contributed by atoms with Gasteiger partial charge in [0.15, 0.2) is 0 Å². The topological polar surface area (TPSA) is 47.6 Å². The van der Waals surface area contributed by atoms with Crippen LogP contribution in [0.3, 0.4) is 0 Å². The summed E-state index contributed by atoms with van der Waals surface area (Å²) >= 11 is 0. The lowest BCUT2D eigenvalue weighted by molar-refractivity contribution is -0.130. The highest BCUT2D eigenvalue weighted by Crippen LogP contribution is 1.88. The number of rotatable bonds is 8. The minimum absolute atomic E-state index is 0.0911. The van der Waals surface area contributed by atoms with E-state index in [2.05, 4.69) is 12.2 Å². The van der Waals surface area contributed by atoms with Gasteiger partial charge in [0, 0.05) is 20.3 Å². The third-order valence-corrected chi connectivity index (χ3v) is 1.91. The zero-order valence-electron chi connectivity index (χ0n) is 9.34. The fourth-order valence-corrected chi connectivity index (χ4v) is 0.846. The molecule has 1 amide bonds. The monoisotopic (exact) mass is 203 g/mol. The van der Waals surface area contributed by atoms with Crippen LogP contribution in [0.25, 0.3) is 0 Å². The highest BCUT2D eigenvalue weighted by Gasteiger charge is 2.09. The molecule has 4 heteroatoms. The second-order valence-electron chi connectivity index (χ2n) is 3.13. The van der Waals surface area contributed by atoms with Gasteiger partial charge in [0.25, 0.3) is 0 Å². The molecule has 4 nitrogen and oxygen atoms in total. The van der Waals surface area contributed by atoms with Crippen LogP contribution in [-0.2, 0) is 14.3 Å². The molecule has 0 aromatic carbocycles. The summed E-state index contributed by atoms with van der Waals surface area (Å²) in [6.07, 6.45) is 1.82. The summed E-state index contributed by atoms with van der Waals surface area (Å²) in [5.74, 6) is -0.0911. The normalized spacial score (nSPS) is 12.5. The maximum atomic E-state index is 11.2. The summed E-state index contributed by atoms with van der Waals surface area (Å²) in [4.78, 5) is 11.2. The van der Waals surface area contributed by atoms with Crippen molar-refractivity contribution in [3.63, 3.8) is 0 Å². The van der Waals surface area contributed by atoms with Crippen LogP contribution in [0.1, 0.15) is 26.7 Å². The minimum Gasteiger partial charge on any atom is -0.380 e. The average Bonchev–Trinajstić information content (AvgIpc) is 2.21. The highest BCUT2D eigenvalue weighted by molar-refractivity contribution is 5.80. The van der Waals surface area contributed by atoms with Crippen molar-refractivity contribution < 1.29 is 14.3 Å². The lowest BCUT2D eigenvalue weighted by Gasteiger charge is -2.10. The Kier molecular flexibility index (Phi) is 8.57. The van der Waals surface area contributed by atoms with Crippen molar-refractivity contribution in [3.05, 3.63) is 0 Å². The Labute approximate surface area is 86.0 Å². The molecule has 0 saturated carbocycles. The molecule has 0 spiro atoms. The van der Waals surface area contributed by atoms with Crippen LogP contribution in [0.5, 0.6) is 0 Å². The van der Waals surface area contributed by atoms with E-state index in [-0.39, 0.29) is 12.0 Å². The summed E-state index contributed by atoms with van der Waals surface area (Å²) < 4.78 is 10.1. The standard InChI is InChI=1S/C10H21NO3/c1-4-5-7-14-8-6-11-10(12)9(2)13-3/h9H,4-8H2,1-3H3,(H,11,12). The molecule has 84 valence electrons. The van der Waals surface area contributed by atoms with Crippen molar-refractivity contribution >= 4 is 5.91 Å². The largest absolute Gasteiger partial charge is 0.380 e. The molecule has 0 bridgehead atoms. The zero-order valence-corrected chi connectivity index (χ0v) is 9.34. The number of unbranched alkanes of at least 4 members (excludes halogenated alkanes) is 1. The number of carbonyl (C=O) groups excluding carboxylic acids is 1. The van der Waals surface area contributed by atoms with Gasteiger partial charge in [-0.1, -0.05) is 13.3 Å². The van der Waals surface area contributed by atoms with Crippen LogP contribution in [-0.4, -0.2) is 38.9 Å². The Bertz CT molecular complexity index is 150. The van der Waals surface area contributed by atoms with Gasteiger partial charge in [-0.2, -0.15) is 0 Å². The van der Waals surface area contributed by atoms with E-state index < -0.39 is 0 Å². The number of methoxy groups -OCH3 is 1. The molecule has 0 rings (SSSR count). The highest BCUT2D eigenvalue weighted by atomic mass is 16.5. The molecule has 0 aromatic heterocycles. The summed E-state index contributed by atoms with van der Waals surface area (Å²) in [5.41, 5.74) is 0. The number of hydrogen-bond acceptors (Lipinski definition) is 3. The van der Waals surface area contributed by atoms with E-state index in [0.717, 1.165) is 19.4 Å². The molecule has 0 saturated heterocycles. The molecular weight excluding hydrogens is 182 g/mol. The number of amides is 1. The summed E-state index contributed by atoms with van der Waals surface area (Å²) in [6.45, 7) is 5.73. The first-order valence-electron chi connectivity index (χ1n) is 5.10. The molecular formula is C10H21NO3. The predicted molar refractivity (Wildman–Crippen MR) is 55.2 cm³/mol. The van der Waals surface area contributed by atoms with E-state index in [1.54, 1.807) is 6.92 Å². The summed E-state index contributed by atoms with van der Waals surface area (Å²) in [7, 11) is 1.52. The van der Waals surface area contributed by atoms with Gasteiger partial charge in [-0.05, 0) is 13.3 Å². The maximum Gasteiger partial charge on any atom is 0.248 e. The van der Waals surface area contributed by atoms with Crippen molar-refractivity contribution in [2.45, 2.75) is 32.8 Å². The van der Waals surface area contributed by atoms with Crippen molar-refractivity contribution in [1.29, 1.82) is 0 Å². The molecule has 0 aromatic rings. The Balaban J connectivity index is 3.23. The first kappa shape index (κ1) is 13.4. The molecule has 1 N–H and O–H groups in total. The van der Waals surface area contributed by atoms with E-state index in [4.69, 9.17) is 9.47 Å². The number of ether oxygens (including phenoxy) is 2. The second kappa shape index (κ2) is 8.97. The van der Waals surface area contributed by atoms with Gasteiger partial charge in [0.2, 0.25) is 5.91 Å². The molecule has 0 aliphatic heterocycles. The third-order valence-electron chi connectivity index (χ3n) is 1.91. The van der Waals surface area contributed by atoms with Gasteiger partial charge in [0.05, 0.1) is 6.61 Å². The lowest BCUT2D eigenvalue weighted by atomic mass is 10.3. The molecule has 1 atom stereocenters. The van der Waals surface area contributed by atoms with Gasteiger partial charge >= 0.3 is 0 Å². The van der Waals surface area contributed by atoms with E-state index in [9.17, 15) is 4.79 Å². The van der Waals surface area contributed by atoms with Crippen LogP contribution >= 0.6 is 0 Å². The SMILES string of the molecule is CCCCOCCNC(=O)C(C)OC. The molecule has 0 aliphatic rings. The Morgan fingerprint density at radius 2 is 2.14 bits per heavy atom. The van der Waals surface area contributed by atoms with Crippen molar-refractivity contribution in [1.82, 2.24) is 5.32 Å². The first-order chi connectivity index (χ1) is 6.72. The lowest BCUT2D eigenvalue weighted by Crippen LogP contribution is -2.35. The van der Waals surface area contributed by atoms with E-state index in [1.807, 2.05) is 0 Å². The summed E-state index contributed by atoms with van der Waals surface area (Å²) in [5, 5.41) is 2.72. The molecule has 0 radical (unpaired) electrons. The fraction of sp³-hybridized carbons (Fsp3) is 0.900. The average molecular weight is 203 g/mol. The third kappa shape index (κ3) is 6.86. The Morgan fingerprint density at radius 1 is 1.43 bits per heavy atom. The van der Waals surface area contributed by atoms with Crippen LogP contribution < -0.4 is 5.32 Å². The van der Waals surface area contributed by atoms with Crippen molar-refractivity contribution in [3.8, 4) is 0 Å². The van der Waals surface area contributed by atoms with Crippen LogP contribution in [0.2, 0.25) is 0 Å². The minimum atomic E-state index is -0.384. The Morgan fingerprint density at radius 3 is 2.71 bits per heavy atom. The van der Waals surface area contributed by atoms with E-state index >= 15 is 0 Å². The van der Waals surface area contributed by atoms with Gasteiger partial charge in [-0.3, -0.25) is 4.79 Å². The molecule has 0 aliphatic carbocycles. The van der Waals surface area contributed by atoms with Crippen LogP contribution in [0, 0.1) is 0 Å². The van der Waals surface area contributed by atoms with E-state index in [1.165, 1.54) is 7.11 Å². The van der Waals surface area contributed by atoms with Gasteiger partial charge in [-0.25, -0.2) is 0 Å². The predicted octanol–water partition coefficient (Wildman–Crippen LogP) is 0.954. The quantitative estimate of drug-likeness (QED) is 0.598. The summed E-state index contributed by atoms with van der Waals surface area (Å²) in [6, 6.07) is 0. The van der Waals surface area contributed by atoms with Crippen molar-refractivity contribution in [2.75, 3.05) is 26.9 Å². The van der Waals surface area contributed by atoms with Gasteiger partial charge in [-0.15, -0.1) is 0 Å². The molecule has 1 unspecified atom stereocenters.